The Morgan fingerprint density at radius 3 is 3.14 bits per heavy atom. The highest BCUT2D eigenvalue weighted by molar-refractivity contribution is 9.10. The molecule has 1 aliphatic rings. The van der Waals surface area contributed by atoms with Crippen molar-refractivity contribution in [2.45, 2.75) is 13.3 Å². The lowest BCUT2D eigenvalue weighted by Crippen LogP contribution is -2.07. The molecule has 0 saturated heterocycles. The molecule has 0 unspecified atom stereocenters. The number of aromatic nitrogens is 1. The molecule has 1 aromatic heterocycles. The number of thiazole rings is 1. The number of nitrogens with zero attached hydrogens (tertiary/aromatic N) is 1. The fourth-order valence-electron chi connectivity index (χ4n) is 1.97. The Morgan fingerprint density at radius 1 is 1.48 bits per heavy atom. The van der Waals surface area contributed by atoms with E-state index in [9.17, 15) is 4.79 Å². The van der Waals surface area contributed by atoms with Crippen LogP contribution in [0.2, 0.25) is 0 Å². The van der Waals surface area contributed by atoms with Crippen molar-refractivity contribution in [1.29, 1.82) is 0 Å². The van der Waals surface area contributed by atoms with Crippen molar-refractivity contribution >= 4 is 33.2 Å². The van der Waals surface area contributed by atoms with Crippen LogP contribution in [-0.2, 0) is 16.0 Å². The van der Waals surface area contributed by atoms with Gasteiger partial charge in [-0.2, -0.15) is 0 Å². The highest BCUT2D eigenvalue weighted by Crippen LogP contribution is 2.42. The minimum Gasteiger partial charge on any atom is -0.466 e. The summed E-state index contributed by atoms with van der Waals surface area (Å²) in [6.45, 7) is 2.39. The fourth-order valence-corrected chi connectivity index (χ4v) is 3.34. The summed E-state index contributed by atoms with van der Waals surface area (Å²) in [4.78, 5) is 15.9. The Balaban J connectivity index is 1.83. The van der Waals surface area contributed by atoms with Gasteiger partial charge in [-0.3, -0.25) is 4.79 Å². The number of fused-ring (bicyclic) bond motifs is 1. The monoisotopic (exact) mass is 369 g/mol. The number of rotatable bonds is 4. The third-order valence-electron chi connectivity index (χ3n) is 2.86. The van der Waals surface area contributed by atoms with Crippen molar-refractivity contribution in [2.24, 2.45) is 0 Å². The molecule has 0 bridgehead atoms. The molecular weight excluding hydrogens is 358 g/mol. The standard InChI is InChI=1S/C14H12BrNO4S/c1-2-18-12(17)5-9-6-21-14(16-9)8-3-10(15)13-11(4-8)19-7-20-13/h3-4,6H,2,5,7H2,1H3. The molecule has 0 atom stereocenters. The van der Waals surface area contributed by atoms with Gasteiger partial charge in [-0.05, 0) is 35.0 Å². The Kier molecular flexibility index (Phi) is 4.12. The zero-order chi connectivity index (χ0) is 14.8. The quantitative estimate of drug-likeness (QED) is 0.772. The van der Waals surface area contributed by atoms with Crippen molar-refractivity contribution in [3.63, 3.8) is 0 Å². The van der Waals surface area contributed by atoms with Gasteiger partial charge in [0.05, 0.1) is 23.2 Å². The van der Waals surface area contributed by atoms with E-state index >= 15 is 0 Å². The van der Waals surface area contributed by atoms with E-state index in [2.05, 4.69) is 20.9 Å². The maximum Gasteiger partial charge on any atom is 0.311 e. The van der Waals surface area contributed by atoms with Gasteiger partial charge in [0.1, 0.15) is 5.01 Å². The zero-order valence-corrected chi connectivity index (χ0v) is 13.6. The average Bonchev–Trinajstić information content (AvgIpc) is 3.07. The molecule has 0 radical (unpaired) electrons. The molecule has 3 rings (SSSR count). The van der Waals surface area contributed by atoms with Gasteiger partial charge in [0, 0.05) is 10.9 Å². The molecule has 1 aliphatic heterocycles. The van der Waals surface area contributed by atoms with Gasteiger partial charge < -0.3 is 14.2 Å². The van der Waals surface area contributed by atoms with Crippen LogP contribution in [0.5, 0.6) is 11.5 Å². The molecule has 2 aromatic rings. The summed E-state index contributed by atoms with van der Waals surface area (Å²) in [5.41, 5.74) is 1.63. The smallest absolute Gasteiger partial charge is 0.311 e. The number of benzene rings is 1. The van der Waals surface area contributed by atoms with Crippen molar-refractivity contribution in [3.05, 3.63) is 27.7 Å². The number of hydrogen-bond acceptors (Lipinski definition) is 6. The summed E-state index contributed by atoms with van der Waals surface area (Å²) in [5.74, 6) is 1.14. The van der Waals surface area contributed by atoms with Gasteiger partial charge in [-0.25, -0.2) is 4.98 Å². The molecule has 5 nitrogen and oxygen atoms in total. The number of hydrogen-bond donors (Lipinski definition) is 0. The van der Waals surface area contributed by atoms with Crippen molar-refractivity contribution < 1.29 is 19.0 Å². The zero-order valence-electron chi connectivity index (χ0n) is 11.2. The van der Waals surface area contributed by atoms with Gasteiger partial charge in [-0.15, -0.1) is 11.3 Å². The van der Waals surface area contributed by atoms with E-state index < -0.39 is 0 Å². The molecule has 0 aliphatic carbocycles. The molecule has 0 amide bonds. The lowest BCUT2D eigenvalue weighted by atomic mass is 10.2. The SMILES string of the molecule is CCOC(=O)Cc1csc(-c2cc(Br)c3c(c2)OCO3)n1. The van der Waals surface area contributed by atoms with Gasteiger partial charge in [-0.1, -0.05) is 0 Å². The predicted octanol–water partition coefficient (Wildman–Crippen LogP) is 3.41. The van der Waals surface area contributed by atoms with Crippen LogP contribution in [0.15, 0.2) is 22.0 Å². The van der Waals surface area contributed by atoms with Crippen LogP contribution >= 0.6 is 27.3 Å². The van der Waals surface area contributed by atoms with Gasteiger partial charge in [0.25, 0.3) is 0 Å². The van der Waals surface area contributed by atoms with E-state index in [1.807, 2.05) is 17.5 Å². The molecule has 21 heavy (non-hydrogen) atoms. The molecule has 0 N–H and O–H groups in total. The van der Waals surface area contributed by atoms with Gasteiger partial charge in [0.15, 0.2) is 11.5 Å². The minimum atomic E-state index is -0.263. The minimum absolute atomic E-state index is 0.191. The van der Waals surface area contributed by atoms with Gasteiger partial charge >= 0.3 is 5.97 Å². The third kappa shape index (κ3) is 3.03. The van der Waals surface area contributed by atoms with Crippen LogP contribution < -0.4 is 9.47 Å². The van der Waals surface area contributed by atoms with Gasteiger partial charge in [0.2, 0.25) is 6.79 Å². The topological polar surface area (TPSA) is 57.7 Å². The lowest BCUT2D eigenvalue weighted by molar-refractivity contribution is -0.142. The summed E-state index contributed by atoms with van der Waals surface area (Å²) in [7, 11) is 0. The number of carbonyl (C=O) groups is 1. The van der Waals surface area contributed by atoms with Crippen LogP contribution in [-0.4, -0.2) is 24.4 Å². The number of ether oxygens (including phenoxy) is 3. The molecule has 2 heterocycles. The first-order valence-corrected chi connectivity index (χ1v) is 8.04. The second kappa shape index (κ2) is 6.03. The second-order valence-electron chi connectivity index (χ2n) is 4.32. The molecular formula is C14H12BrNO4S. The first-order valence-electron chi connectivity index (χ1n) is 6.37. The Morgan fingerprint density at radius 2 is 2.33 bits per heavy atom. The molecule has 0 saturated carbocycles. The highest BCUT2D eigenvalue weighted by Gasteiger charge is 2.19. The molecule has 7 heteroatoms. The molecule has 0 spiro atoms. The van der Waals surface area contributed by atoms with E-state index in [0.29, 0.717) is 23.8 Å². The Hall–Kier alpha value is -1.60. The van der Waals surface area contributed by atoms with Crippen molar-refractivity contribution in [1.82, 2.24) is 4.98 Å². The average molecular weight is 370 g/mol. The molecule has 110 valence electrons. The Bertz CT molecular complexity index is 686. The lowest BCUT2D eigenvalue weighted by Gasteiger charge is -2.02. The normalized spacial score (nSPS) is 12.5. The highest BCUT2D eigenvalue weighted by atomic mass is 79.9. The number of halogens is 1. The number of carbonyl (C=O) groups excluding carboxylic acids is 1. The van der Waals surface area contributed by atoms with E-state index in [1.54, 1.807) is 6.92 Å². The summed E-state index contributed by atoms with van der Waals surface area (Å²) in [6, 6.07) is 3.82. The summed E-state index contributed by atoms with van der Waals surface area (Å²) >= 11 is 4.94. The summed E-state index contributed by atoms with van der Waals surface area (Å²) in [5, 5.41) is 2.69. The Labute approximate surface area is 134 Å². The van der Waals surface area contributed by atoms with E-state index in [-0.39, 0.29) is 19.2 Å². The van der Waals surface area contributed by atoms with Crippen LogP contribution in [0.3, 0.4) is 0 Å². The number of esters is 1. The van der Waals surface area contributed by atoms with Crippen LogP contribution in [0.25, 0.3) is 10.6 Å². The second-order valence-corrected chi connectivity index (χ2v) is 6.03. The van der Waals surface area contributed by atoms with E-state index in [4.69, 9.17) is 14.2 Å². The predicted molar refractivity (Wildman–Crippen MR) is 81.7 cm³/mol. The largest absolute Gasteiger partial charge is 0.466 e. The van der Waals surface area contributed by atoms with Crippen molar-refractivity contribution in [3.8, 4) is 22.1 Å². The fraction of sp³-hybridized carbons (Fsp3) is 0.286. The van der Waals surface area contributed by atoms with Crippen LogP contribution in [0.4, 0.5) is 0 Å². The van der Waals surface area contributed by atoms with E-state index in [1.165, 1.54) is 11.3 Å². The third-order valence-corrected chi connectivity index (χ3v) is 4.39. The van der Waals surface area contributed by atoms with Crippen LogP contribution in [0.1, 0.15) is 12.6 Å². The molecule has 1 aromatic carbocycles. The summed E-state index contributed by atoms with van der Waals surface area (Å²) in [6.07, 6.45) is 0.191. The van der Waals surface area contributed by atoms with Crippen molar-refractivity contribution in [2.75, 3.05) is 13.4 Å². The maximum atomic E-state index is 11.5. The molecule has 0 fully saturated rings. The maximum absolute atomic E-state index is 11.5. The van der Waals surface area contributed by atoms with Crippen LogP contribution in [0, 0.1) is 0 Å². The van der Waals surface area contributed by atoms with E-state index in [0.717, 1.165) is 15.0 Å². The first kappa shape index (κ1) is 14.3. The first-order chi connectivity index (χ1) is 10.2. The summed E-state index contributed by atoms with van der Waals surface area (Å²) < 4.78 is 16.5.